The second kappa shape index (κ2) is 13.8. The van der Waals surface area contributed by atoms with Crippen molar-refractivity contribution in [2.24, 2.45) is 5.28 Å². The van der Waals surface area contributed by atoms with Gasteiger partial charge in [0, 0.05) is 12.0 Å². The maximum absolute atomic E-state index is 13.5. The molecule has 1 aromatic heterocycles. The van der Waals surface area contributed by atoms with Crippen LogP contribution in [0.15, 0.2) is 64.8 Å². The van der Waals surface area contributed by atoms with Crippen LogP contribution in [0.25, 0.3) is 16.9 Å². The third-order valence-corrected chi connectivity index (χ3v) is 7.95. The molecule has 0 unspecified atom stereocenters. The quantitative estimate of drug-likeness (QED) is 0.0778. The summed E-state index contributed by atoms with van der Waals surface area (Å²) in [6, 6.07) is 11.7. The van der Waals surface area contributed by atoms with Gasteiger partial charge in [0.1, 0.15) is 12.6 Å². The van der Waals surface area contributed by atoms with Gasteiger partial charge in [-0.05, 0) is 50.1 Å². The smallest absolute Gasteiger partial charge is 0.435 e. The van der Waals surface area contributed by atoms with Gasteiger partial charge in [0.05, 0.1) is 27.8 Å². The highest BCUT2D eigenvalue weighted by molar-refractivity contribution is 7.90. The summed E-state index contributed by atoms with van der Waals surface area (Å²) >= 11 is 0. The lowest BCUT2D eigenvalue weighted by atomic mass is 10.1. The molecule has 1 fully saturated rings. The molecule has 45 heavy (non-hydrogen) atoms. The third-order valence-electron chi connectivity index (χ3n) is 6.62. The van der Waals surface area contributed by atoms with Gasteiger partial charge < -0.3 is 19.5 Å². The molecule has 1 aliphatic heterocycles. The number of aromatic nitrogens is 2. The number of ether oxygens (including phenoxy) is 2. The van der Waals surface area contributed by atoms with Crippen LogP contribution in [-0.2, 0) is 35.3 Å². The predicted molar refractivity (Wildman–Crippen MR) is 149 cm³/mol. The first-order chi connectivity index (χ1) is 21.3. The van der Waals surface area contributed by atoms with Crippen molar-refractivity contribution in [3.8, 4) is 16.9 Å². The molecule has 1 aliphatic rings. The number of esters is 1. The van der Waals surface area contributed by atoms with Gasteiger partial charge in [-0.15, -0.1) is 5.01 Å². The molecule has 1 saturated heterocycles. The average molecular weight is 655 g/mol. The van der Waals surface area contributed by atoms with E-state index in [4.69, 9.17) is 4.74 Å². The van der Waals surface area contributed by atoms with Gasteiger partial charge in [-0.2, -0.15) is 18.3 Å². The van der Waals surface area contributed by atoms with Crippen LogP contribution in [0.4, 0.5) is 18.0 Å². The third kappa shape index (κ3) is 8.40. The van der Waals surface area contributed by atoms with Gasteiger partial charge in [-0.3, -0.25) is 4.79 Å². The Hall–Kier alpha value is -4.87. The van der Waals surface area contributed by atoms with E-state index >= 15 is 0 Å². The maximum Gasteiger partial charge on any atom is 0.435 e. The first kappa shape index (κ1) is 33.0. The SMILES string of the molecule is CCC(=O)OCO/N=[N+](\[O-])N1CCC[C@H]1COC(=O)NS(=O)(=O)c1ccc(-n2nc(C(F)(F)F)cc2-c2ccc(C)cc2)cc1. The van der Waals surface area contributed by atoms with Crippen molar-refractivity contribution in [3.05, 3.63) is 71.1 Å². The summed E-state index contributed by atoms with van der Waals surface area (Å²) in [4.78, 5) is 27.8. The molecule has 18 heteroatoms. The van der Waals surface area contributed by atoms with Crippen molar-refractivity contribution in [2.45, 2.75) is 50.2 Å². The zero-order valence-electron chi connectivity index (χ0n) is 24.1. The van der Waals surface area contributed by atoms with Crippen molar-refractivity contribution >= 4 is 22.1 Å². The number of alkyl halides is 3. The number of halogens is 3. The monoisotopic (exact) mass is 654 g/mol. The van der Waals surface area contributed by atoms with E-state index in [2.05, 4.69) is 20.0 Å². The highest BCUT2D eigenvalue weighted by Crippen LogP contribution is 2.33. The van der Waals surface area contributed by atoms with E-state index in [1.807, 2.05) is 6.92 Å². The average Bonchev–Trinajstić information content (AvgIpc) is 3.66. The molecule has 0 radical (unpaired) electrons. The molecule has 0 spiro atoms. The van der Waals surface area contributed by atoms with Crippen molar-refractivity contribution < 1.29 is 50.5 Å². The van der Waals surface area contributed by atoms with Crippen LogP contribution in [0.5, 0.6) is 0 Å². The number of rotatable bonds is 11. The van der Waals surface area contributed by atoms with E-state index in [0.29, 0.717) is 18.4 Å². The van der Waals surface area contributed by atoms with E-state index in [-0.39, 0.29) is 40.8 Å². The summed E-state index contributed by atoms with van der Waals surface area (Å²) in [5.41, 5.74) is 0.520. The molecule has 14 nitrogen and oxygen atoms in total. The lowest BCUT2D eigenvalue weighted by Gasteiger charge is -2.19. The Morgan fingerprint density at radius 2 is 1.82 bits per heavy atom. The fourth-order valence-corrected chi connectivity index (χ4v) is 5.20. The number of amides is 1. The van der Waals surface area contributed by atoms with Crippen molar-refractivity contribution in [1.82, 2.24) is 19.5 Å². The second-order valence-corrected chi connectivity index (χ2v) is 11.5. The van der Waals surface area contributed by atoms with Crippen LogP contribution < -0.4 is 4.72 Å². The molecule has 2 heterocycles. The molecule has 1 N–H and O–H groups in total. The molecular weight excluding hydrogens is 625 g/mol. The van der Waals surface area contributed by atoms with Gasteiger partial charge in [-0.25, -0.2) is 22.6 Å². The Kier molecular flexibility index (Phi) is 10.2. The second-order valence-electron chi connectivity index (χ2n) is 9.80. The van der Waals surface area contributed by atoms with Crippen molar-refractivity contribution in [2.75, 3.05) is 19.9 Å². The molecular formula is C27H29F3N6O8S. The van der Waals surface area contributed by atoms with Crippen LogP contribution >= 0.6 is 0 Å². The van der Waals surface area contributed by atoms with Crippen LogP contribution in [0.1, 0.15) is 37.4 Å². The topological polar surface area (TPSA) is 167 Å². The number of sulfonamides is 1. The van der Waals surface area contributed by atoms with E-state index in [1.165, 1.54) is 17.1 Å². The molecule has 0 saturated carbocycles. The highest BCUT2D eigenvalue weighted by atomic mass is 32.2. The molecule has 0 bridgehead atoms. The molecule has 1 atom stereocenters. The van der Waals surface area contributed by atoms with Gasteiger partial charge in [0.2, 0.25) is 5.28 Å². The van der Waals surface area contributed by atoms with Crippen molar-refractivity contribution in [1.29, 1.82) is 0 Å². The minimum Gasteiger partial charge on any atom is -0.569 e. The Morgan fingerprint density at radius 1 is 1.13 bits per heavy atom. The Bertz CT molecular complexity index is 1640. The molecule has 4 rings (SSSR count). The molecule has 0 aliphatic carbocycles. The molecule has 1 amide bonds. The Morgan fingerprint density at radius 3 is 2.47 bits per heavy atom. The number of hydrogen-bond acceptors (Lipinski definition) is 10. The Balaban J connectivity index is 1.40. The number of carbonyl (C=O) groups is 2. The largest absolute Gasteiger partial charge is 0.569 e. The number of hydrazine groups is 1. The fourth-order valence-electron chi connectivity index (χ4n) is 4.31. The Labute approximate surface area is 255 Å². The van der Waals surface area contributed by atoms with Crippen LogP contribution in [0, 0.1) is 12.1 Å². The summed E-state index contributed by atoms with van der Waals surface area (Å²) in [6.07, 6.45) is -4.94. The van der Waals surface area contributed by atoms with Crippen LogP contribution in [-0.4, -0.2) is 66.2 Å². The number of benzene rings is 2. The zero-order valence-corrected chi connectivity index (χ0v) is 24.9. The van der Waals surface area contributed by atoms with Crippen molar-refractivity contribution in [3.63, 3.8) is 0 Å². The lowest BCUT2D eigenvalue weighted by Crippen LogP contribution is -2.40. The molecule has 2 aromatic carbocycles. The zero-order chi connectivity index (χ0) is 32.8. The summed E-state index contributed by atoms with van der Waals surface area (Å²) in [6.45, 7) is 2.74. The van der Waals surface area contributed by atoms with Crippen LogP contribution in [0.2, 0.25) is 0 Å². The van der Waals surface area contributed by atoms with E-state index in [0.717, 1.165) is 28.4 Å². The summed E-state index contributed by atoms with van der Waals surface area (Å²) < 4.78 is 78.6. The minimum absolute atomic E-state index is 0.117. The summed E-state index contributed by atoms with van der Waals surface area (Å²) in [7, 11) is -4.44. The predicted octanol–water partition coefficient (Wildman–Crippen LogP) is 4.47. The van der Waals surface area contributed by atoms with Gasteiger partial charge in [0.25, 0.3) is 16.8 Å². The number of aryl methyl sites for hydroxylation is 1. The van der Waals surface area contributed by atoms with E-state index in [9.17, 15) is 36.4 Å². The van der Waals surface area contributed by atoms with Gasteiger partial charge in [-0.1, -0.05) is 36.8 Å². The lowest BCUT2D eigenvalue weighted by molar-refractivity contribution is -0.715. The number of nitrogens with one attached hydrogen (secondary N) is 1. The number of nitrogens with zero attached hydrogens (tertiary/aromatic N) is 5. The minimum atomic E-state index is -4.72. The van der Waals surface area contributed by atoms with Gasteiger partial charge >= 0.3 is 18.2 Å². The highest BCUT2D eigenvalue weighted by Gasteiger charge is 2.36. The standard InChI is InChI=1S/C27H29F3N6O8S/c1-3-25(37)43-17-44-33-36(39)34-14-4-5-21(34)16-42-26(38)32-45(40,41)22-12-10-20(11-13-22)35-23(15-24(31-35)27(28,29)30)19-8-6-18(2)7-9-19/h6-13,15,21H,3-5,14,16-17H2,1-2H3,(H,32,38)/b36-33-/t21-/m0/s1. The summed E-state index contributed by atoms with van der Waals surface area (Å²) in [5, 5.41) is 20.4. The van der Waals surface area contributed by atoms with Crippen LogP contribution in [0.3, 0.4) is 0 Å². The molecule has 242 valence electrons. The van der Waals surface area contributed by atoms with E-state index < -0.39 is 46.8 Å². The normalized spacial score (nSPS) is 15.5. The first-order valence-corrected chi connectivity index (χ1v) is 15.0. The van der Waals surface area contributed by atoms with Gasteiger partial charge in [0.15, 0.2) is 5.69 Å². The first-order valence-electron chi connectivity index (χ1n) is 13.5. The number of carbonyl (C=O) groups excluding carboxylic acids is 2. The fraction of sp³-hybridized carbons (Fsp3) is 0.370. The van der Waals surface area contributed by atoms with E-state index in [1.54, 1.807) is 35.9 Å². The number of hydrogen-bond donors (Lipinski definition) is 1. The summed E-state index contributed by atoms with van der Waals surface area (Å²) in [5.74, 6) is -0.545. The molecule has 3 aromatic rings. The maximum atomic E-state index is 13.5.